The zero-order valence-electron chi connectivity index (χ0n) is 29.8. The number of rotatable bonds is 17. The van der Waals surface area contributed by atoms with E-state index in [4.69, 9.17) is 25.4 Å². The lowest BCUT2D eigenvalue weighted by molar-refractivity contribution is -0.136. The van der Waals surface area contributed by atoms with Crippen molar-refractivity contribution in [3.05, 3.63) is 107 Å². The van der Waals surface area contributed by atoms with Crippen molar-refractivity contribution in [3.63, 3.8) is 0 Å². The quantitative estimate of drug-likeness (QED) is 0.0691. The Kier molecular flexibility index (Phi) is 14.0. The van der Waals surface area contributed by atoms with Gasteiger partial charge in [-0.1, -0.05) is 47.1 Å². The van der Waals surface area contributed by atoms with Gasteiger partial charge in [0.05, 0.1) is 36.9 Å². The van der Waals surface area contributed by atoms with E-state index < -0.39 is 43.2 Å². The largest absolute Gasteiger partial charge is 0.456 e. The molecule has 0 aliphatic heterocycles. The number of ketones is 1. The molecule has 0 aliphatic carbocycles. The molecule has 1 atom stereocenters. The number of halogens is 1. The van der Waals surface area contributed by atoms with Gasteiger partial charge in [0, 0.05) is 35.7 Å². The minimum atomic E-state index is -3.92. The number of hydrogen-bond donors (Lipinski definition) is 1. The van der Waals surface area contributed by atoms with Crippen LogP contribution in [-0.2, 0) is 34.4 Å². The van der Waals surface area contributed by atoms with E-state index in [0.29, 0.717) is 16.4 Å². The summed E-state index contributed by atoms with van der Waals surface area (Å²) in [6, 6.07) is 18.8. The Morgan fingerprint density at radius 1 is 0.962 bits per heavy atom. The van der Waals surface area contributed by atoms with E-state index >= 15 is 0 Å². The monoisotopic (exact) mass is 751 g/mol. The lowest BCUT2D eigenvalue weighted by atomic mass is 10.0. The van der Waals surface area contributed by atoms with Crippen molar-refractivity contribution in [1.82, 2.24) is 19.9 Å². The van der Waals surface area contributed by atoms with Gasteiger partial charge in [-0.25, -0.2) is 9.48 Å². The summed E-state index contributed by atoms with van der Waals surface area (Å²) in [5, 5.41) is 11.0. The molecule has 4 aromatic rings. The van der Waals surface area contributed by atoms with E-state index in [1.54, 1.807) is 77.2 Å². The van der Waals surface area contributed by atoms with Crippen LogP contribution in [0.15, 0.2) is 85.2 Å². The average Bonchev–Trinajstić information content (AvgIpc) is 3.63. The first-order valence-corrected chi connectivity index (χ1v) is 18.9. The van der Waals surface area contributed by atoms with Crippen molar-refractivity contribution in [3.8, 4) is 5.69 Å². The standard InChI is InChI=1S/C37H43ClN5O8P/c1-6-49-52(48,50-7-2)25-34(45)42(21-19-33(44)30-24-28(38)15-18-31(30)43-22-20-39-41-43)32(23-26-11-9-8-10-12-26)35(46)40-29-16-13-27(14-17-29)36(47)51-37(3,4)5/h8-18,20,22,24,32H,6-7,19,21,23,25H2,1-5H3,(H,40,46)/t32-/m0/s1. The number of carbonyl (C=O) groups excluding carboxylic acids is 4. The van der Waals surface area contributed by atoms with Crippen molar-refractivity contribution in [1.29, 1.82) is 0 Å². The number of anilines is 1. The Hall–Kier alpha value is -4.68. The molecule has 0 saturated heterocycles. The fraction of sp³-hybridized carbons (Fsp3) is 0.351. The van der Waals surface area contributed by atoms with E-state index in [-0.39, 0.29) is 49.5 Å². The molecule has 2 amide bonds. The van der Waals surface area contributed by atoms with Crippen LogP contribution in [0.1, 0.15) is 67.3 Å². The third kappa shape index (κ3) is 11.4. The first-order valence-electron chi connectivity index (χ1n) is 16.8. The summed E-state index contributed by atoms with van der Waals surface area (Å²) in [5.74, 6) is -2.20. The first kappa shape index (κ1) is 40.1. The van der Waals surface area contributed by atoms with Gasteiger partial charge < -0.3 is 24.0 Å². The molecule has 0 bridgehead atoms. The van der Waals surface area contributed by atoms with Gasteiger partial charge in [0.2, 0.25) is 11.8 Å². The number of Topliss-reactive ketones (excluding diaryl/α,β-unsaturated/α-hetero) is 1. The topological polar surface area (TPSA) is 159 Å². The van der Waals surface area contributed by atoms with Crippen LogP contribution in [-0.4, -0.2) is 81.0 Å². The number of benzene rings is 3. The number of ether oxygens (including phenoxy) is 1. The van der Waals surface area contributed by atoms with Gasteiger partial charge in [-0.15, -0.1) is 5.10 Å². The number of nitrogens with zero attached hydrogens (tertiary/aromatic N) is 4. The minimum Gasteiger partial charge on any atom is -0.456 e. The first-order chi connectivity index (χ1) is 24.7. The fourth-order valence-electron chi connectivity index (χ4n) is 5.29. The van der Waals surface area contributed by atoms with E-state index in [9.17, 15) is 23.7 Å². The summed E-state index contributed by atoms with van der Waals surface area (Å²) in [5.41, 5.74) is 1.34. The maximum Gasteiger partial charge on any atom is 0.340 e. The second kappa shape index (κ2) is 18.2. The van der Waals surface area contributed by atoms with E-state index in [1.165, 1.54) is 34.0 Å². The van der Waals surface area contributed by atoms with Crippen molar-refractivity contribution in [2.24, 2.45) is 0 Å². The SMILES string of the molecule is CCOP(=O)(CC(=O)N(CCC(=O)c1cc(Cl)ccc1-n1ccnn1)[C@@H](Cc1ccccc1)C(=O)Nc1ccc(C(=O)OC(C)(C)C)cc1)OCC. The molecular formula is C37H43ClN5O8P. The van der Waals surface area contributed by atoms with Crippen molar-refractivity contribution in [2.75, 3.05) is 31.2 Å². The molecule has 0 fully saturated rings. The predicted molar refractivity (Wildman–Crippen MR) is 197 cm³/mol. The number of nitrogens with one attached hydrogen (secondary N) is 1. The van der Waals surface area contributed by atoms with Crippen molar-refractivity contribution < 1.29 is 37.5 Å². The summed E-state index contributed by atoms with van der Waals surface area (Å²) in [6.45, 7) is 8.36. The summed E-state index contributed by atoms with van der Waals surface area (Å²) in [4.78, 5) is 56.1. The van der Waals surface area contributed by atoms with Gasteiger partial charge in [-0.3, -0.25) is 18.9 Å². The van der Waals surface area contributed by atoms with Crippen LogP contribution in [0.4, 0.5) is 5.69 Å². The maximum atomic E-state index is 14.2. The van der Waals surface area contributed by atoms with E-state index in [0.717, 1.165) is 5.56 Å². The predicted octanol–water partition coefficient (Wildman–Crippen LogP) is 6.79. The Labute approximate surface area is 308 Å². The van der Waals surface area contributed by atoms with Gasteiger partial charge in [0.15, 0.2) is 5.78 Å². The van der Waals surface area contributed by atoms with Crippen LogP contribution in [0.3, 0.4) is 0 Å². The third-order valence-electron chi connectivity index (χ3n) is 7.55. The van der Waals surface area contributed by atoms with Crippen LogP contribution >= 0.6 is 19.2 Å². The number of aromatic nitrogens is 3. The van der Waals surface area contributed by atoms with Gasteiger partial charge in [0.1, 0.15) is 17.8 Å². The molecule has 15 heteroatoms. The lowest BCUT2D eigenvalue weighted by Crippen LogP contribution is -2.50. The molecule has 4 rings (SSSR count). The average molecular weight is 752 g/mol. The smallest absolute Gasteiger partial charge is 0.340 e. The molecule has 0 aliphatic rings. The number of carbonyl (C=O) groups is 4. The highest BCUT2D eigenvalue weighted by molar-refractivity contribution is 7.54. The molecule has 52 heavy (non-hydrogen) atoms. The molecule has 0 unspecified atom stereocenters. The summed E-state index contributed by atoms with van der Waals surface area (Å²) >= 11 is 6.28. The number of amides is 2. The summed E-state index contributed by atoms with van der Waals surface area (Å²) in [6.07, 6.45) is 2.21. The van der Waals surface area contributed by atoms with E-state index in [1.807, 2.05) is 18.2 Å². The van der Waals surface area contributed by atoms with Crippen LogP contribution in [0.2, 0.25) is 5.02 Å². The summed E-state index contributed by atoms with van der Waals surface area (Å²) in [7, 11) is -3.92. The highest BCUT2D eigenvalue weighted by Gasteiger charge is 2.36. The molecule has 1 heterocycles. The normalized spacial score (nSPS) is 12.2. The molecule has 1 N–H and O–H groups in total. The summed E-state index contributed by atoms with van der Waals surface area (Å²) < 4.78 is 31.3. The molecule has 0 radical (unpaired) electrons. The number of esters is 1. The van der Waals surface area contributed by atoms with Crippen LogP contribution in [0, 0.1) is 0 Å². The van der Waals surface area contributed by atoms with Gasteiger partial charge in [-0.2, -0.15) is 0 Å². The fourth-order valence-corrected chi connectivity index (χ4v) is 7.02. The Morgan fingerprint density at radius 2 is 1.63 bits per heavy atom. The second-order valence-electron chi connectivity index (χ2n) is 12.6. The molecule has 13 nitrogen and oxygen atoms in total. The number of hydrogen-bond acceptors (Lipinski definition) is 10. The molecule has 3 aromatic carbocycles. The minimum absolute atomic E-state index is 0.0239. The lowest BCUT2D eigenvalue weighted by Gasteiger charge is -2.32. The molecular weight excluding hydrogens is 709 g/mol. The third-order valence-corrected chi connectivity index (χ3v) is 9.74. The van der Waals surface area contributed by atoms with Crippen molar-refractivity contribution in [2.45, 2.75) is 59.1 Å². The van der Waals surface area contributed by atoms with E-state index in [2.05, 4.69) is 15.6 Å². The molecule has 0 saturated carbocycles. The molecule has 1 aromatic heterocycles. The van der Waals surface area contributed by atoms with Gasteiger partial charge >= 0.3 is 13.6 Å². The maximum absolute atomic E-state index is 14.2. The van der Waals surface area contributed by atoms with Crippen molar-refractivity contribution >= 4 is 48.5 Å². The van der Waals surface area contributed by atoms with Crippen LogP contribution in [0.5, 0.6) is 0 Å². The highest BCUT2D eigenvalue weighted by Crippen LogP contribution is 2.48. The zero-order valence-corrected chi connectivity index (χ0v) is 31.4. The zero-order chi connectivity index (χ0) is 37.9. The van der Waals surface area contributed by atoms with Gasteiger partial charge in [-0.05, 0) is 82.6 Å². The highest BCUT2D eigenvalue weighted by atomic mass is 35.5. The molecule has 276 valence electrons. The van der Waals surface area contributed by atoms with Crippen LogP contribution < -0.4 is 5.32 Å². The Balaban J connectivity index is 1.69. The Morgan fingerprint density at radius 3 is 2.23 bits per heavy atom. The molecule has 0 spiro atoms. The Bertz CT molecular complexity index is 1870. The second-order valence-corrected chi connectivity index (χ2v) is 15.1. The van der Waals surface area contributed by atoms with Gasteiger partial charge in [0.25, 0.3) is 0 Å². The van der Waals surface area contributed by atoms with Crippen LogP contribution in [0.25, 0.3) is 5.69 Å².